The average Bonchev–Trinajstić information content (AvgIpc) is 3.53. The van der Waals surface area contributed by atoms with Gasteiger partial charge in [-0.3, -0.25) is 9.69 Å². The van der Waals surface area contributed by atoms with E-state index in [1.54, 1.807) is 12.1 Å². The van der Waals surface area contributed by atoms with E-state index in [2.05, 4.69) is 16.0 Å². The molecule has 0 radical (unpaired) electrons. The molecule has 1 saturated heterocycles. The molecule has 142 valence electrons. The second-order valence-corrected chi connectivity index (χ2v) is 7.51. The Morgan fingerprint density at radius 2 is 1.89 bits per heavy atom. The number of carbonyl (C=O) groups is 1. The first-order chi connectivity index (χ1) is 13.2. The lowest BCUT2D eigenvalue weighted by Gasteiger charge is -2.30. The van der Waals surface area contributed by atoms with Gasteiger partial charge in [0.1, 0.15) is 32.0 Å². The fourth-order valence-electron chi connectivity index (χ4n) is 3.75. The lowest BCUT2D eigenvalue weighted by Crippen LogP contribution is -3.16. The molecule has 0 atom stereocenters. The molecule has 2 heterocycles. The van der Waals surface area contributed by atoms with Crippen LogP contribution in [0, 0.1) is 5.82 Å². The Balaban J connectivity index is 1.33. The number of aromatic amines is 1. The molecule has 2 aromatic rings. The number of amides is 1. The number of hydrogen-bond acceptors (Lipinski definition) is 2. The number of benzene rings is 1. The van der Waals surface area contributed by atoms with E-state index < -0.39 is 0 Å². The monoisotopic (exact) mass is 370 g/mol. The van der Waals surface area contributed by atoms with Crippen molar-refractivity contribution in [1.29, 1.82) is 0 Å². The van der Waals surface area contributed by atoms with Crippen molar-refractivity contribution in [3.63, 3.8) is 0 Å². The number of piperazine rings is 1. The van der Waals surface area contributed by atoms with Crippen LogP contribution in [0.4, 0.5) is 10.2 Å². The van der Waals surface area contributed by atoms with Crippen molar-refractivity contribution in [2.45, 2.75) is 25.4 Å². The van der Waals surface area contributed by atoms with Crippen LogP contribution in [0.25, 0.3) is 0 Å². The number of H-pyrrole nitrogens is 1. The molecule has 2 aliphatic rings. The summed E-state index contributed by atoms with van der Waals surface area (Å²) in [5.74, 6) is 1.05. The predicted octanol–water partition coefficient (Wildman–Crippen LogP) is 0.536. The van der Waals surface area contributed by atoms with Crippen molar-refractivity contribution in [2.75, 3.05) is 37.6 Å². The van der Waals surface area contributed by atoms with Crippen LogP contribution in [0.5, 0.6) is 0 Å². The van der Waals surface area contributed by atoms with Gasteiger partial charge < -0.3 is 9.80 Å². The van der Waals surface area contributed by atoms with Gasteiger partial charge in [0.2, 0.25) is 0 Å². The third-order valence-corrected chi connectivity index (χ3v) is 5.51. The Hall–Kier alpha value is -2.47. The van der Waals surface area contributed by atoms with E-state index >= 15 is 0 Å². The van der Waals surface area contributed by atoms with Crippen LogP contribution in [0.15, 0.2) is 48.7 Å². The molecular weight excluding hydrogens is 343 g/mol. The van der Waals surface area contributed by atoms with Crippen LogP contribution >= 0.6 is 0 Å². The maximum Gasteiger partial charge on any atom is 0.278 e. The van der Waals surface area contributed by atoms with Crippen LogP contribution in [-0.2, 0) is 11.3 Å². The standard InChI is InChI=1S/C21H25FN4O/c22-19-6-2-1-5-17(19)15-26(18-8-9-18)21(27)16-24-11-13-25(14-12-24)20-7-3-4-10-23-20/h1-7,10,18H,8-9,11-16H2/p+2. The quantitative estimate of drug-likeness (QED) is 0.806. The summed E-state index contributed by atoms with van der Waals surface area (Å²) in [6, 6.07) is 13.2. The molecule has 1 aromatic carbocycles. The van der Waals surface area contributed by atoms with E-state index in [0.29, 0.717) is 18.7 Å². The van der Waals surface area contributed by atoms with E-state index in [4.69, 9.17) is 0 Å². The minimum atomic E-state index is -0.226. The van der Waals surface area contributed by atoms with Crippen molar-refractivity contribution in [1.82, 2.24) is 4.90 Å². The molecule has 0 unspecified atom stereocenters. The number of halogens is 1. The molecule has 2 N–H and O–H groups in total. The molecule has 6 heteroatoms. The topological polar surface area (TPSA) is 42.1 Å². The van der Waals surface area contributed by atoms with Crippen molar-refractivity contribution >= 4 is 11.7 Å². The van der Waals surface area contributed by atoms with Crippen LogP contribution in [-0.4, -0.2) is 49.6 Å². The first-order valence-corrected chi connectivity index (χ1v) is 9.79. The second-order valence-electron chi connectivity index (χ2n) is 7.51. The number of nitrogens with zero attached hydrogens (tertiary/aromatic N) is 2. The highest BCUT2D eigenvalue weighted by molar-refractivity contribution is 5.77. The van der Waals surface area contributed by atoms with Crippen LogP contribution in [0.1, 0.15) is 18.4 Å². The molecule has 5 nitrogen and oxygen atoms in total. The average molecular weight is 370 g/mol. The Labute approximate surface area is 159 Å². The molecule has 2 fully saturated rings. The van der Waals surface area contributed by atoms with E-state index in [1.165, 1.54) is 11.0 Å². The van der Waals surface area contributed by atoms with Gasteiger partial charge in [0.25, 0.3) is 11.7 Å². The van der Waals surface area contributed by atoms with E-state index in [-0.39, 0.29) is 17.8 Å². The number of pyridine rings is 1. The highest BCUT2D eigenvalue weighted by Gasteiger charge is 2.35. The van der Waals surface area contributed by atoms with Gasteiger partial charge in [0.05, 0.1) is 6.20 Å². The summed E-state index contributed by atoms with van der Waals surface area (Å²) in [6.45, 7) is 4.62. The number of quaternary nitrogens is 1. The van der Waals surface area contributed by atoms with Crippen molar-refractivity contribution in [3.8, 4) is 0 Å². The maximum absolute atomic E-state index is 14.0. The number of carbonyl (C=O) groups excluding carboxylic acids is 1. The van der Waals surface area contributed by atoms with Gasteiger partial charge in [-0.1, -0.05) is 24.3 Å². The lowest BCUT2D eigenvalue weighted by molar-refractivity contribution is -0.892. The highest BCUT2D eigenvalue weighted by Crippen LogP contribution is 2.28. The highest BCUT2D eigenvalue weighted by atomic mass is 19.1. The van der Waals surface area contributed by atoms with Gasteiger partial charge in [-0.15, -0.1) is 0 Å². The van der Waals surface area contributed by atoms with Crippen LogP contribution in [0.2, 0.25) is 0 Å². The summed E-state index contributed by atoms with van der Waals surface area (Å²) >= 11 is 0. The zero-order valence-corrected chi connectivity index (χ0v) is 15.5. The van der Waals surface area contributed by atoms with E-state index in [1.807, 2.05) is 29.3 Å². The molecule has 1 aliphatic heterocycles. The zero-order chi connectivity index (χ0) is 18.6. The Bertz CT molecular complexity index is 773. The number of nitrogens with one attached hydrogen (secondary N) is 2. The first kappa shape index (κ1) is 17.9. The van der Waals surface area contributed by atoms with Crippen LogP contribution < -0.4 is 14.8 Å². The minimum absolute atomic E-state index is 0.149. The fraction of sp³-hybridized carbons (Fsp3) is 0.429. The summed E-state index contributed by atoms with van der Waals surface area (Å²) in [5.41, 5.74) is 0.609. The molecule has 1 aliphatic carbocycles. The Morgan fingerprint density at radius 3 is 2.56 bits per heavy atom. The SMILES string of the molecule is O=C(C[NH+]1CCN(c2cccc[nH+]2)CC1)N(Cc1ccccc1F)C1CC1. The van der Waals surface area contributed by atoms with E-state index in [9.17, 15) is 9.18 Å². The second kappa shape index (κ2) is 8.05. The zero-order valence-electron chi connectivity index (χ0n) is 15.5. The van der Waals surface area contributed by atoms with Gasteiger partial charge in [0, 0.05) is 24.2 Å². The van der Waals surface area contributed by atoms with Gasteiger partial charge in [-0.05, 0) is 25.0 Å². The van der Waals surface area contributed by atoms with Crippen molar-refractivity contribution in [3.05, 3.63) is 60.0 Å². The third kappa shape index (κ3) is 4.45. The van der Waals surface area contributed by atoms with Gasteiger partial charge in [-0.2, -0.15) is 0 Å². The molecule has 27 heavy (non-hydrogen) atoms. The lowest BCUT2D eigenvalue weighted by atomic mass is 10.2. The summed E-state index contributed by atoms with van der Waals surface area (Å²) in [5, 5.41) is 0. The number of aromatic nitrogens is 1. The molecule has 4 rings (SSSR count). The summed E-state index contributed by atoms with van der Waals surface area (Å²) < 4.78 is 14.0. The van der Waals surface area contributed by atoms with Crippen molar-refractivity contribution in [2.24, 2.45) is 0 Å². The molecule has 1 saturated carbocycles. The van der Waals surface area contributed by atoms with Crippen LogP contribution in [0.3, 0.4) is 0 Å². The predicted molar refractivity (Wildman–Crippen MR) is 101 cm³/mol. The fourth-order valence-corrected chi connectivity index (χ4v) is 3.75. The van der Waals surface area contributed by atoms with E-state index in [0.717, 1.165) is 44.8 Å². The number of rotatable bonds is 6. The first-order valence-electron chi connectivity index (χ1n) is 9.79. The largest absolute Gasteiger partial charge is 0.330 e. The summed E-state index contributed by atoms with van der Waals surface area (Å²) in [7, 11) is 0. The molecule has 1 amide bonds. The summed E-state index contributed by atoms with van der Waals surface area (Å²) in [4.78, 5) is 21.7. The number of hydrogen-bond donors (Lipinski definition) is 1. The Morgan fingerprint density at radius 1 is 1.15 bits per heavy atom. The summed E-state index contributed by atoms with van der Waals surface area (Å²) in [6.07, 6.45) is 4.01. The molecule has 1 aromatic heterocycles. The third-order valence-electron chi connectivity index (χ3n) is 5.51. The molecule has 0 bridgehead atoms. The minimum Gasteiger partial charge on any atom is -0.330 e. The Kier molecular flexibility index (Phi) is 5.34. The van der Waals surface area contributed by atoms with Gasteiger partial charge >= 0.3 is 0 Å². The number of anilines is 1. The van der Waals surface area contributed by atoms with Gasteiger partial charge in [0.15, 0.2) is 6.54 Å². The molecule has 0 spiro atoms. The smallest absolute Gasteiger partial charge is 0.278 e. The van der Waals surface area contributed by atoms with Crippen molar-refractivity contribution < 1.29 is 19.1 Å². The normalized spacial score (nSPS) is 17.7. The van der Waals surface area contributed by atoms with Gasteiger partial charge in [-0.25, -0.2) is 9.37 Å². The maximum atomic E-state index is 14.0. The molecular formula is C21H27FN4O+2.